The summed E-state index contributed by atoms with van der Waals surface area (Å²) in [5.41, 5.74) is 0. The van der Waals surface area contributed by atoms with Crippen LogP contribution < -0.4 is 5.32 Å². The van der Waals surface area contributed by atoms with Gasteiger partial charge in [0.1, 0.15) is 0 Å². The van der Waals surface area contributed by atoms with E-state index in [1.54, 1.807) is 0 Å². The summed E-state index contributed by atoms with van der Waals surface area (Å²) >= 11 is 0. The van der Waals surface area contributed by atoms with Crippen molar-refractivity contribution in [2.45, 2.75) is 39.5 Å². The molecule has 0 aliphatic heterocycles. The lowest BCUT2D eigenvalue weighted by atomic mass is 10.1. The first kappa shape index (κ1) is 11.5. The van der Waals surface area contributed by atoms with E-state index in [0.29, 0.717) is 0 Å². The Labute approximate surface area is 76.9 Å². The lowest BCUT2D eigenvalue weighted by Crippen LogP contribution is -2.16. The van der Waals surface area contributed by atoms with Crippen LogP contribution in [0, 0.1) is 18.3 Å². The second-order valence-corrected chi connectivity index (χ2v) is 3.59. The van der Waals surface area contributed by atoms with Gasteiger partial charge in [0.25, 0.3) is 0 Å². The molecule has 0 aromatic heterocycles. The van der Waals surface area contributed by atoms with Crippen LogP contribution in [0.25, 0.3) is 0 Å². The average molecular weight is 167 g/mol. The predicted octanol–water partition coefficient (Wildman–Crippen LogP) is 2.43. The molecule has 0 amide bonds. The van der Waals surface area contributed by atoms with Crippen molar-refractivity contribution in [3.05, 3.63) is 0 Å². The highest BCUT2D eigenvalue weighted by molar-refractivity contribution is 4.83. The second kappa shape index (κ2) is 8.62. The normalized spacial score (nSPS) is 10.2. The van der Waals surface area contributed by atoms with Gasteiger partial charge < -0.3 is 5.32 Å². The zero-order valence-electron chi connectivity index (χ0n) is 8.40. The molecule has 0 heterocycles. The summed E-state index contributed by atoms with van der Waals surface area (Å²) in [6.45, 7) is 6.74. The Bertz CT molecular complexity index is 121. The van der Waals surface area contributed by atoms with Gasteiger partial charge in [0.05, 0.1) is 0 Å². The van der Waals surface area contributed by atoms with Crippen LogP contribution in [0.4, 0.5) is 0 Å². The van der Waals surface area contributed by atoms with Gasteiger partial charge in [-0.15, -0.1) is 12.3 Å². The summed E-state index contributed by atoms with van der Waals surface area (Å²) in [5, 5.41) is 3.38. The Morgan fingerprint density at radius 1 is 1.25 bits per heavy atom. The highest BCUT2D eigenvalue weighted by Crippen LogP contribution is 2.01. The van der Waals surface area contributed by atoms with Gasteiger partial charge in [0, 0.05) is 6.42 Å². The fourth-order valence-electron chi connectivity index (χ4n) is 1.08. The first-order valence-corrected chi connectivity index (χ1v) is 4.91. The Kier molecular flexibility index (Phi) is 8.27. The summed E-state index contributed by atoms with van der Waals surface area (Å²) in [5.74, 6) is 3.47. The molecule has 1 nitrogen and oxygen atoms in total. The molecule has 0 fully saturated rings. The molecule has 0 aliphatic carbocycles. The molecule has 12 heavy (non-hydrogen) atoms. The lowest BCUT2D eigenvalue weighted by molar-refractivity contribution is 0.525. The van der Waals surface area contributed by atoms with Gasteiger partial charge in [-0.1, -0.05) is 13.8 Å². The quantitative estimate of drug-likeness (QED) is 0.453. The van der Waals surface area contributed by atoms with E-state index in [1.807, 2.05) is 0 Å². The molecule has 1 heteroatoms. The van der Waals surface area contributed by atoms with Crippen LogP contribution in [-0.2, 0) is 0 Å². The van der Waals surface area contributed by atoms with Crippen LogP contribution in [0.2, 0.25) is 0 Å². The van der Waals surface area contributed by atoms with Crippen molar-refractivity contribution in [3.63, 3.8) is 0 Å². The van der Waals surface area contributed by atoms with Gasteiger partial charge in [-0.25, -0.2) is 0 Å². The molecule has 0 aliphatic rings. The number of terminal acetylenes is 1. The van der Waals surface area contributed by atoms with Crippen LogP contribution in [0.15, 0.2) is 0 Å². The van der Waals surface area contributed by atoms with Crippen molar-refractivity contribution in [2.75, 3.05) is 13.1 Å². The SMILES string of the molecule is C#CCCCNCCCC(C)C. The minimum atomic E-state index is 0.831. The van der Waals surface area contributed by atoms with Crippen molar-refractivity contribution in [1.29, 1.82) is 0 Å². The third-order valence-electron chi connectivity index (χ3n) is 1.81. The molecule has 0 saturated carbocycles. The smallest absolute Gasteiger partial charge is 0.00981 e. The molecular weight excluding hydrogens is 146 g/mol. The fraction of sp³-hybridized carbons (Fsp3) is 0.818. The van der Waals surface area contributed by atoms with Crippen molar-refractivity contribution < 1.29 is 0 Å². The number of hydrogen-bond acceptors (Lipinski definition) is 1. The zero-order valence-corrected chi connectivity index (χ0v) is 8.40. The predicted molar refractivity (Wildman–Crippen MR) is 55.0 cm³/mol. The van der Waals surface area contributed by atoms with Gasteiger partial charge in [-0.05, 0) is 38.3 Å². The van der Waals surface area contributed by atoms with E-state index >= 15 is 0 Å². The van der Waals surface area contributed by atoms with E-state index < -0.39 is 0 Å². The van der Waals surface area contributed by atoms with Crippen LogP contribution in [0.1, 0.15) is 39.5 Å². The Hall–Kier alpha value is -0.480. The van der Waals surface area contributed by atoms with E-state index in [9.17, 15) is 0 Å². The van der Waals surface area contributed by atoms with Gasteiger partial charge in [0.2, 0.25) is 0 Å². The summed E-state index contributed by atoms with van der Waals surface area (Å²) in [6.07, 6.45) is 9.75. The Morgan fingerprint density at radius 2 is 1.92 bits per heavy atom. The molecule has 70 valence electrons. The monoisotopic (exact) mass is 167 g/mol. The van der Waals surface area contributed by atoms with Crippen molar-refractivity contribution in [3.8, 4) is 12.3 Å². The van der Waals surface area contributed by atoms with Crippen molar-refractivity contribution >= 4 is 0 Å². The number of rotatable bonds is 7. The molecule has 0 rings (SSSR count). The third kappa shape index (κ3) is 9.52. The maximum absolute atomic E-state index is 5.13. The van der Waals surface area contributed by atoms with E-state index in [-0.39, 0.29) is 0 Å². The number of unbranched alkanes of at least 4 members (excludes halogenated alkanes) is 1. The van der Waals surface area contributed by atoms with E-state index in [1.165, 1.54) is 12.8 Å². The molecular formula is C11H21N. The maximum atomic E-state index is 5.13. The van der Waals surface area contributed by atoms with Crippen LogP contribution in [0.3, 0.4) is 0 Å². The van der Waals surface area contributed by atoms with Gasteiger partial charge in [-0.3, -0.25) is 0 Å². The number of hydrogen-bond donors (Lipinski definition) is 1. The largest absolute Gasteiger partial charge is 0.317 e. The zero-order chi connectivity index (χ0) is 9.23. The maximum Gasteiger partial charge on any atom is 0.00981 e. The average Bonchev–Trinajstić information content (AvgIpc) is 2.02. The van der Waals surface area contributed by atoms with E-state index in [2.05, 4.69) is 25.1 Å². The van der Waals surface area contributed by atoms with Gasteiger partial charge in [0.15, 0.2) is 0 Å². The minimum Gasteiger partial charge on any atom is -0.317 e. The molecule has 0 aromatic carbocycles. The summed E-state index contributed by atoms with van der Waals surface area (Å²) in [4.78, 5) is 0. The summed E-state index contributed by atoms with van der Waals surface area (Å²) in [6, 6.07) is 0. The second-order valence-electron chi connectivity index (χ2n) is 3.59. The molecule has 0 spiro atoms. The van der Waals surface area contributed by atoms with E-state index in [4.69, 9.17) is 6.42 Å². The van der Waals surface area contributed by atoms with Crippen molar-refractivity contribution in [2.24, 2.45) is 5.92 Å². The highest BCUT2D eigenvalue weighted by atomic mass is 14.8. The molecule has 0 saturated heterocycles. The van der Waals surface area contributed by atoms with Crippen LogP contribution >= 0.6 is 0 Å². The van der Waals surface area contributed by atoms with Crippen molar-refractivity contribution in [1.82, 2.24) is 5.32 Å². The number of nitrogens with one attached hydrogen (secondary N) is 1. The van der Waals surface area contributed by atoms with Gasteiger partial charge >= 0.3 is 0 Å². The molecule has 0 aromatic rings. The van der Waals surface area contributed by atoms with Crippen LogP contribution in [0.5, 0.6) is 0 Å². The third-order valence-corrected chi connectivity index (χ3v) is 1.81. The summed E-state index contributed by atoms with van der Waals surface area (Å²) in [7, 11) is 0. The first-order chi connectivity index (χ1) is 5.77. The fourth-order valence-corrected chi connectivity index (χ4v) is 1.08. The standard InChI is InChI=1S/C11H21N/c1-4-5-6-9-12-10-7-8-11(2)3/h1,11-12H,5-10H2,2-3H3. The van der Waals surface area contributed by atoms with Gasteiger partial charge in [-0.2, -0.15) is 0 Å². The highest BCUT2D eigenvalue weighted by Gasteiger charge is 1.92. The topological polar surface area (TPSA) is 12.0 Å². The first-order valence-electron chi connectivity index (χ1n) is 4.91. The minimum absolute atomic E-state index is 0.831. The molecule has 1 N–H and O–H groups in total. The molecule has 0 atom stereocenters. The lowest BCUT2D eigenvalue weighted by Gasteiger charge is -2.05. The Balaban J connectivity index is 2.87. The Morgan fingerprint density at radius 3 is 2.50 bits per heavy atom. The van der Waals surface area contributed by atoms with Crippen LogP contribution in [-0.4, -0.2) is 13.1 Å². The molecule has 0 unspecified atom stereocenters. The summed E-state index contributed by atoms with van der Waals surface area (Å²) < 4.78 is 0. The molecule has 0 radical (unpaired) electrons. The molecule has 0 bridgehead atoms. The van der Waals surface area contributed by atoms with E-state index in [0.717, 1.165) is 31.8 Å².